The zero-order chi connectivity index (χ0) is 19.5. The van der Waals surface area contributed by atoms with Gasteiger partial charge in [-0.2, -0.15) is 0 Å². The van der Waals surface area contributed by atoms with Crippen molar-refractivity contribution in [3.8, 4) is 5.75 Å². The van der Waals surface area contributed by atoms with Crippen molar-refractivity contribution in [2.45, 2.75) is 6.54 Å². The molecule has 0 aliphatic carbocycles. The maximum absolute atomic E-state index is 12.9. The summed E-state index contributed by atoms with van der Waals surface area (Å²) < 4.78 is 12.5. The molecular weight excluding hydrogens is 374 g/mol. The first-order valence-electron chi connectivity index (χ1n) is 9.17. The molecule has 4 rings (SSSR count). The van der Waals surface area contributed by atoms with Crippen LogP contribution in [-0.2, 0) is 11.3 Å². The number of aromatic nitrogens is 2. The first kappa shape index (κ1) is 18.6. The molecule has 0 bridgehead atoms. The van der Waals surface area contributed by atoms with Gasteiger partial charge in [0.15, 0.2) is 11.6 Å². The molecule has 28 heavy (non-hydrogen) atoms. The van der Waals surface area contributed by atoms with E-state index in [-0.39, 0.29) is 12.3 Å². The molecule has 144 valence electrons. The molecule has 0 radical (unpaired) electrons. The van der Waals surface area contributed by atoms with E-state index in [2.05, 4.69) is 4.90 Å². The van der Waals surface area contributed by atoms with Crippen LogP contribution in [0.15, 0.2) is 48.5 Å². The van der Waals surface area contributed by atoms with Crippen molar-refractivity contribution >= 4 is 34.0 Å². The predicted octanol–water partition coefficient (Wildman–Crippen LogP) is 2.94. The highest BCUT2D eigenvalue weighted by atomic mass is 32.1. The third-order valence-electron chi connectivity index (χ3n) is 4.86. The average molecular weight is 395 g/mol. The molecule has 1 fully saturated rings. The lowest BCUT2D eigenvalue weighted by atomic mass is 10.1. The average Bonchev–Trinajstić information content (AvgIpc) is 3.12. The molecule has 2 heterocycles. The summed E-state index contributed by atoms with van der Waals surface area (Å²) in [6.45, 7) is 2.92. The quantitative estimate of drug-likeness (QED) is 0.489. The summed E-state index contributed by atoms with van der Waals surface area (Å²) in [6, 6.07) is 14.9. The van der Waals surface area contributed by atoms with Crippen LogP contribution >= 0.6 is 12.2 Å². The Bertz CT molecular complexity index is 1010. The summed E-state index contributed by atoms with van der Waals surface area (Å²) in [4.78, 5) is 20.4. The van der Waals surface area contributed by atoms with Gasteiger partial charge < -0.3 is 18.9 Å². The molecule has 0 saturated carbocycles. The lowest BCUT2D eigenvalue weighted by molar-refractivity contribution is 0.0690. The molecule has 1 saturated heterocycles. The predicted molar refractivity (Wildman–Crippen MR) is 111 cm³/mol. The van der Waals surface area contributed by atoms with Gasteiger partial charge in [-0.15, -0.1) is 0 Å². The van der Waals surface area contributed by atoms with Crippen LogP contribution in [0.3, 0.4) is 0 Å². The Morgan fingerprint density at radius 1 is 1.14 bits per heavy atom. The number of hydrogen-bond acceptors (Lipinski definition) is 5. The molecular formula is C21H21N3O3S. The second-order valence-electron chi connectivity index (χ2n) is 6.57. The Kier molecular flexibility index (Phi) is 5.36. The van der Waals surface area contributed by atoms with Gasteiger partial charge in [-0.05, 0) is 36.4 Å². The molecule has 0 atom stereocenters. The number of methoxy groups -OCH3 is 1. The summed E-state index contributed by atoms with van der Waals surface area (Å²) in [5.41, 5.74) is 2.35. The number of benzene rings is 2. The fraction of sp³-hybridized carbons (Fsp3) is 0.286. The SMILES string of the molecule is COc1ccc(C(=O)Cn2c(C(=S)N3CCOCC3)nc3ccccc32)cc1. The lowest BCUT2D eigenvalue weighted by Gasteiger charge is -2.28. The summed E-state index contributed by atoms with van der Waals surface area (Å²) >= 11 is 5.73. The van der Waals surface area contributed by atoms with Gasteiger partial charge in [0.1, 0.15) is 10.7 Å². The van der Waals surface area contributed by atoms with Gasteiger partial charge in [0.2, 0.25) is 0 Å². The Morgan fingerprint density at radius 3 is 2.57 bits per heavy atom. The topological polar surface area (TPSA) is 56.6 Å². The monoisotopic (exact) mass is 395 g/mol. The van der Waals surface area contributed by atoms with Gasteiger partial charge in [-0.3, -0.25) is 4.79 Å². The van der Waals surface area contributed by atoms with E-state index < -0.39 is 0 Å². The molecule has 0 amide bonds. The highest BCUT2D eigenvalue weighted by molar-refractivity contribution is 7.80. The van der Waals surface area contributed by atoms with E-state index >= 15 is 0 Å². The van der Waals surface area contributed by atoms with E-state index in [9.17, 15) is 4.79 Å². The van der Waals surface area contributed by atoms with Crippen molar-refractivity contribution in [3.05, 3.63) is 59.9 Å². The van der Waals surface area contributed by atoms with E-state index in [1.54, 1.807) is 31.4 Å². The van der Waals surface area contributed by atoms with Crippen molar-refractivity contribution in [2.24, 2.45) is 0 Å². The molecule has 0 spiro atoms. The van der Waals surface area contributed by atoms with Gasteiger partial charge in [-0.25, -0.2) is 4.98 Å². The van der Waals surface area contributed by atoms with Crippen LogP contribution in [0.1, 0.15) is 16.2 Å². The second kappa shape index (κ2) is 8.08. The summed E-state index contributed by atoms with van der Waals surface area (Å²) in [7, 11) is 1.60. The van der Waals surface area contributed by atoms with Crippen molar-refractivity contribution in [2.75, 3.05) is 33.4 Å². The fourth-order valence-electron chi connectivity index (χ4n) is 3.32. The number of thiocarbonyl (C=S) groups is 1. The maximum Gasteiger partial charge on any atom is 0.182 e. The van der Waals surface area contributed by atoms with Gasteiger partial charge in [0.25, 0.3) is 0 Å². The number of hydrogen-bond donors (Lipinski definition) is 0. The van der Waals surface area contributed by atoms with Crippen molar-refractivity contribution < 1.29 is 14.3 Å². The fourth-order valence-corrected chi connectivity index (χ4v) is 3.66. The minimum absolute atomic E-state index is 0.00293. The number of para-hydroxylation sites is 2. The summed E-state index contributed by atoms with van der Waals surface area (Å²) in [5.74, 6) is 1.37. The Morgan fingerprint density at radius 2 is 1.86 bits per heavy atom. The Labute approximate surface area is 168 Å². The number of ether oxygens (including phenoxy) is 2. The second-order valence-corrected chi connectivity index (χ2v) is 6.95. The Hall–Kier alpha value is -2.77. The van der Waals surface area contributed by atoms with E-state index in [0.29, 0.717) is 29.6 Å². The molecule has 1 aliphatic rings. The van der Waals surface area contributed by atoms with Crippen LogP contribution in [0.5, 0.6) is 5.75 Å². The van der Waals surface area contributed by atoms with Crippen molar-refractivity contribution in [1.29, 1.82) is 0 Å². The smallest absolute Gasteiger partial charge is 0.182 e. The number of ketones is 1. The molecule has 1 aliphatic heterocycles. The van der Waals surface area contributed by atoms with Crippen molar-refractivity contribution in [3.63, 3.8) is 0 Å². The number of carbonyl (C=O) groups is 1. The number of fused-ring (bicyclic) bond motifs is 1. The maximum atomic E-state index is 12.9. The minimum Gasteiger partial charge on any atom is -0.497 e. The van der Waals surface area contributed by atoms with Crippen LogP contribution in [0.25, 0.3) is 11.0 Å². The molecule has 0 unspecified atom stereocenters. The van der Waals surface area contributed by atoms with E-state index in [0.717, 1.165) is 29.9 Å². The highest BCUT2D eigenvalue weighted by Gasteiger charge is 2.22. The molecule has 3 aromatic rings. The number of imidazole rings is 1. The molecule has 6 nitrogen and oxygen atoms in total. The molecule has 1 aromatic heterocycles. The van der Waals surface area contributed by atoms with E-state index in [1.807, 2.05) is 28.8 Å². The van der Waals surface area contributed by atoms with Crippen LogP contribution in [0.4, 0.5) is 0 Å². The lowest BCUT2D eigenvalue weighted by Crippen LogP contribution is -2.41. The van der Waals surface area contributed by atoms with Crippen LogP contribution in [-0.4, -0.2) is 58.6 Å². The number of carbonyl (C=O) groups excluding carboxylic acids is 1. The zero-order valence-electron chi connectivity index (χ0n) is 15.6. The molecule has 2 aromatic carbocycles. The van der Waals surface area contributed by atoms with Crippen LogP contribution in [0.2, 0.25) is 0 Å². The first-order chi connectivity index (χ1) is 13.7. The first-order valence-corrected chi connectivity index (χ1v) is 9.58. The zero-order valence-corrected chi connectivity index (χ0v) is 16.4. The van der Waals surface area contributed by atoms with E-state index in [1.165, 1.54) is 0 Å². The molecule has 7 heteroatoms. The van der Waals surface area contributed by atoms with Gasteiger partial charge in [-0.1, -0.05) is 24.4 Å². The van der Waals surface area contributed by atoms with Gasteiger partial charge in [0.05, 0.1) is 37.9 Å². The van der Waals surface area contributed by atoms with Crippen molar-refractivity contribution in [1.82, 2.24) is 14.5 Å². The third-order valence-corrected chi connectivity index (χ3v) is 5.30. The normalized spacial score (nSPS) is 14.2. The highest BCUT2D eigenvalue weighted by Crippen LogP contribution is 2.20. The summed E-state index contributed by atoms with van der Waals surface area (Å²) in [6.07, 6.45) is 0. The Balaban J connectivity index is 1.68. The number of nitrogens with zero attached hydrogens (tertiary/aromatic N) is 3. The number of morpholine rings is 1. The summed E-state index contributed by atoms with van der Waals surface area (Å²) in [5, 5.41) is 0. The van der Waals surface area contributed by atoms with E-state index in [4.69, 9.17) is 26.7 Å². The van der Waals surface area contributed by atoms with Gasteiger partial charge >= 0.3 is 0 Å². The largest absolute Gasteiger partial charge is 0.497 e. The minimum atomic E-state index is -0.00293. The number of rotatable bonds is 5. The third kappa shape index (κ3) is 3.63. The standard InChI is InChI=1S/C21H21N3O3S/c1-26-16-8-6-15(7-9-16)19(25)14-24-18-5-3-2-4-17(18)22-20(24)21(28)23-10-12-27-13-11-23/h2-9H,10-14H2,1H3. The van der Waals surface area contributed by atoms with Gasteiger partial charge in [0, 0.05) is 18.7 Å². The van der Waals surface area contributed by atoms with Crippen LogP contribution in [0, 0.1) is 0 Å². The molecule has 0 N–H and O–H groups in total. The number of Topliss-reactive ketones (excluding diaryl/α,β-unsaturated/α-hetero) is 1. The van der Waals surface area contributed by atoms with Crippen LogP contribution < -0.4 is 4.74 Å².